The second-order valence-electron chi connectivity index (χ2n) is 4.29. The summed E-state index contributed by atoms with van der Waals surface area (Å²) in [5.74, 6) is 5.66. The molecule has 1 aromatic heterocycles. The lowest BCUT2D eigenvalue weighted by molar-refractivity contribution is 0.551. The predicted octanol–water partition coefficient (Wildman–Crippen LogP) is 2.90. The van der Waals surface area contributed by atoms with Gasteiger partial charge < -0.3 is 0 Å². The molecule has 94 valence electrons. The topological polar surface area (TPSA) is 50.9 Å². The quantitative estimate of drug-likeness (QED) is 0.674. The first kappa shape index (κ1) is 13.2. The van der Waals surface area contributed by atoms with Crippen molar-refractivity contribution in [2.75, 3.05) is 0 Å². The van der Waals surface area contributed by atoms with Crippen molar-refractivity contribution in [3.05, 3.63) is 63.9 Å². The Morgan fingerprint density at radius 2 is 2.22 bits per heavy atom. The van der Waals surface area contributed by atoms with Crippen molar-refractivity contribution in [3.63, 3.8) is 0 Å². The normalized spacial score (nSPS) is 12.4. The molecule has 4 heteroatoms. The highest BCUT2D eigenvalue weighted by Gasteiger charge is 2.11. The molecule has 3 N–H and O–H groups in total. The summed E-state index contributed by atoms with van der Waals surface area (Å²) in [5, 5.41) is 0. The molecule has 0 aliphatic rings. The number of nitrogens with two attached hydrogens (primary N) is 1. The van der Waals surface area contributed by atoms with E-state index in [1.165, 1.54) is 11.1 Å². The highest BCUT2D eigenvalue weighted by atomic mass is 79.9. The lowest BCUT2D eigenvalue weighted by atomic mass is 9.99. The van der Waals surface area contributed by atoms with Crippen LogP contribution >= 0.6 is 15.9 Å². The number of nitrogens with one attached hydrogen (secondary N) is 1. The second-order valence-corrected chi connectivity index (χ2v) is 5.15. The average Bonchev–Trinajstić information content (AvgIpc) is 2.40. The van der Waals surface area contributed by atoms with Gasteiger partial charge in [-0.15, -0.1) is 0 Å². The highest BCUT2D eigenvalue weighted by molar-refractivity contribution is 9.10. The van der Waals surface area contributed by atoms with Gasteiger partial charge in [0.05, 0.1) is 6.04 Å². The standard InChI is InChI=1S/C14H16BrN3/c1-10-4-5-12(8-13(10)15)14(18-16)7-11-3-2-6-17-9-11/h2-6,8-9,14,18H,7,16H2,1H3. The first-order valence-corrected chi connectivity index (χ1v) is 6.61. The Hall–Kier alpha value is -1.23. The van der Waals surface area contributed by atoms with Gasteiger partial charge in [-0.25, -0.2) is 0 Å². The van der Waals surface area contributed by atoms with Crippen molar-refractivity contribution < 1.29 is 0 Å². The summed E-state index contributed by atoms with van der Waals surface area (Å²) in [5.41, 5.74) is 6.41. The minimum Gasteiger partial charge on any atom is -0.271 e. The first-order valence-electron chi connectivity index (χ1n) is 5.82. The zero-order valence-electron chi connectivity index (χ0n) is 10.2. The van der Waals surface area contributed by atoms with Gasteiger partial charge in [0, 0.05) is 16.9 Å². The van der Waals surface area contributed by atoms with Crippen LogP contribution in [0.15, 0.2) is 47.2 Å². The van der Waals surface area contributed by atoms with Crippen LogP contribution < -0.4 is 11.3 Å². The van der Waals surface area contributed by atoms with Crippen molar-refractivity contribution in [2.45, 2.75) is 19.4 Å². The molecule has 3 nitrogen and oxygen atoms in total. The predicted molar refractivity (Wildman–Crippen MR) is 76.9 cm³/mol. The second kappa shape index (κ2) is 6.09. The van der Waals surface area contributed by atoms with E-state index in [0.717, 1.165) is 16.5 Å². The van der Waals surface area contributed by atoms with Gasteiger partial charge in [-0.2, -0.15) is 0 Å². The van der Waals surface area contributed by atoms with E-state index < -0.39 is 0 Å². The largest absolute Gasteiger partial charge is 0.271 e. The average molecular weight is 306 g/mol. The maximum absolute atomic E-state index is 5.66. The molecule has 0 bridgehead atoms. The van der Waals surface area contributed by atoms with Gasteiger partial charge >= 0.3 is 0 Å². The number of nitrogens with zero attached hydrogens (tertiary/aromatic N) is 1. The molecule has 1 aromatic carbocycles. The zero-order valence-corrected chi connectivity index (χ0v) is 11.8. The van der Waals surface area contributed by atoms with Crippen molar-refractivity contribution in [2.24, 2.45) is 5.84 Å². The van der Waals surface area contributed by atoms with Crippen LogP contribution in [-0.4, -0.2) is 4.98 Å². The minimum atomic E-state index is 0.0890. The van der Waals surface area contributed by atoms with E-state index in [2.05, 4.69) is 57.5 Å². The van der Waals surface area contributed by atoms with E-state index in [-0.39, 0.29) is 6.04 Å². The molecular formula is C14H16BrN3. The van der Waals surface area contributed by atoms with Crippen LogP contribution in [0.25, 0.3) is 0 Å². The summed E-state index contributed by atoms with van der Waals surface area (Å²) in [7, 11) is 0. The third kappa shape index (κ3) is 3.16. The minimum absolute atomic E-state index is 0.0890. The van der Waals surface area contributed by atoms with E-state index in [9.17, 15) is 0 Å². The van der Waals surface area contributed by atoms with Gasteiger partial charge in [-0.3, -0.25) is 16.3 Å². The van der Waals surface area contributed by atoms with Crippen LogP contribution in [0.4, 0.5) is 0 Å². The summed E-state index contributed by atoms with van der Waals surface area (Å²) in [6.45, 7) is 2.07. The SMILES string of the molecule is Cc1ccc(C(Cc2cccnc2)NN)cc1Br. The van der Waals surface area contributed by atoms with E-state index in [0.29, 0.717) is 0 Å². The summed E-state index contributed by atoms with van der Waals surface area (Å²) >= 11 is 3.55. The lowest BCUT2D eigenvalue weighted by Crippen LogP contribution is -2.29. The van der Waals surface area contributed by atoms with Crippen LogP contribution in [0.3, 0.4) is 0 Å². The van der Waals surface area contributed by atoms with E-state index in [1.807, 2.05) is 12.3 Å². The highest BCUT2D eigenvalue weighted by Crippen LogP contribution is 2.23. The van der Waals surface area contributed by atoms with Gasteiger partial charge in [0.15, 0.2) is 0 Å². The lowest BCUT2D eigenvalue weighted by Gasteiger charge is -2.17. The molecule has 1 heterocycles. The van der Waals surface area contributed by atoms with Crippen LogP contribution in [0.2, 0.25) is 0 Å². The Bertz CT molecular complexity index is 514. The van der Waals surface area contributed by atoms with Gasteiger partial charge in [0.25, 0.3) is 0 Å². The summed E-state index contributed by atoms with van der Waals surface area (Å²) in [6.07, 6.45) is 4.46. The molecule has 0 radical (unpaired) electrons. The zero-order chi connectivity index (χ0) is 13.0. The molecule has 0 aliphatic carbocycles. The summed E-state index contributed by atoms with van der Waals surface area (Å²) in [4.78, 5) is 4.12. The number of benzene rings is 1. The Morgan fingerprint density at radius 1 is 1.39 bits per heavy atom. The van der Waals surface area contributed by atoms with Crippen LogP contribution in [-0.2, 0) is 6.42 Å². The Labute approximate surface area is 116 Å². The molecule has 0 fully saturated rings. The summed E-state index contributed by atoms with van der Waals surface area (Å²) in [6, 6.07) is 10.4. The van der Waals surface area contributed by atoms with Gasteiger partial charge in [-0.05, 0) is 42.2 Å². The molecule has 0 amide bonds. The first-order chi connectivity index (χ1) is 8.70. The van der Waals surface area contributed by atoms with Crippen LogP contribution in [0, 0.1) is 6.92 Å². The maximum atomic E-state index is 5.66. The number of aryl methyl sites for hydroxylation is 1. The van der Waals surface area contributed by atoms with Crippen molar-refractivity contribution >= 4 is 15.9 Å². The summed E-state index contributed by atoms with van der Waals surface area (Å²) < 4.78 is 1.10. The smallest absolute Gasteiger partial charge is 0.0501 e. The Balaban J connectivity index is 2.20. The van der Waals surface area contributed by atoms with Gasteiger partial charge in [0.2, 0.25) is 0 Å². The number of aromatic nitrogens is 1. The Morgan fingerprint density at radius 3 is 2.83 bits per heavy atom. The maximum Gasteiger partial charge on any atom is 0.0501 e. The van der Waals surface area contributed by atoms with Crippen LogP contribution in [0.1, 0.15) is 22.7 Å². The van der Waals surface area contributed by atoms with Crippen molar-refractivity contribution in [1.82, 2.24) is 10.4 Å². The van der Waals surface area contributed by atoms with Gasteiger partial charge in [-0.1, -0.05) is 34.1 Å². The Kier molecular flexibility index (Phi) is 4.47. The third-order valence-corrected chi connectivity index (χ3v) is 3.82. The van der Waals surface area contributed by atoms with Gasteiger partial charge in [0.1, 0.15) is 0 Å². The fourth-order valence-electron chi connectivity index (χ4n) is 1.85. The molecule has 1 unspecified atom stereocenters. The number of rotatable bonds is 4. The van der Waals surface area contributed by atoms with Crippen molar-refractivity contribution in [1.29, 1.82) is 0 Å². The molecular weight excluding hydrogens is 290 g/mol. The molecule has 1 atom stereocenters. The molecule has 18 heavy (non-hydrogen) atoms. The number of pyridine rings is 1. The molecule has 2 rings (SSSR count). The van der Waals surface area contributed by atoms with E-state index in [1.54, 1.807) is 6.20 Å². The molecule has 2 aromatic rings. The molecule has 0 saturated carbocycles. The van der Waals surface area contributed by atoms with E-state index >= 15 is 0 Å². The fraction of sp³-hybridized carbons (Fsp3) is 0.214. The number of hydrogen-bond acceptors (Lipinski definition) is 3. The monoisotopic (exact) mass is 305 g/mol. The molecule has 0 saturated heterocycles. The van der Waals surface area contributed by atoms with Crippen molar-refractivity contribution in [3.8, 4) is 0 Å². The molecule has 0 spiro atoms. The molecule has 0 aliphatic heterocycles. The third-order valence-electron chi connectivity index (χ3n) is 2.96. The van der Waals surface area contributed by atoms with Crippen LogP contribution in [0.5, 0.6) is 0 Å². The van der Waals surface area contributed by atoms with E-state index in [4.69, 9.17) is 5.84 Å². The number of hydrazine groups is 1. The fourth-order valence-corrected chi connectivity index (χ4v) is 2.25. The number of halogens is 1. The number of hydrogen-bond donors (Lipinski definition) is 2.